The number of carbonyl (C=O) groups is 1. The second kappa shape index (κ2) is 9.37. The molecule has 1 aliphatic carbocycles. The summed E-state index contributed by atoms with van der Waals surface area (Å²) in [5, 5.41) is 5.50. The molecule has 0 aliphatic heterocycles. The van der Waals surface area contributed by atoms with E-state index in [1.54, 1.807) is 25.1 Å². The maximum atomic E-state index is 14.0. The minimum atomic E-state index is -0.0414. The molecule has 8 nitrogen and oxygen atoms in total. The van der Waals surface area contributed by atoms with Gasteiger partial charge in [-0.2, -0.15) is 9.78 Å². The van der Waals surface area contributed by atoms with Gasteiger partial charge in [0, 0.05) is 30.9 Å². The van der Waals surface area contributed by atoms with Crippen molar-refractivity contribution in [2.75, 3.05) is 20.8 Å². The predicted molar refractivity (Wildman–Crippen MR) is 133 cm³/mol. The van der Waals surface area contributed by atoms with Crippen molar-refractivity contribution in [1.82, 2.24) is 24.6 Å². The van der Waals surface area contributed by atoms with Crippen LogP contribution < -0.4 is 9.47 Å². The standard InChI is InChI=1S/C27H29N5O3/c1-5-31(16-18-9-12-22(34-3)23(14-18)35-4)27(33)20-15-21(19-10-11-19)29-26-25(20)17(2)30-32(26)24-8-6-7-13-28-24/h6-9,12-15,19H,5,10-11,16H2,1-4H3. The van der Waals surface area contributed by atoms with Gasteiger partial charge in [-0.25, -0.2) is 9.97 Å². The second-order valence-corrected chi connectivity index (χ2v) is 8.76. The number of amides is 1. The molecule has 0 N–H and O–H groups in total. The van der Waals surface area contributed by atoms with Crippen molar-refractivity contribution in [1.29, 1.82) is 0 Å². The molecule has 0 spiro atoms. The number of ether oxygens (including phenoxy) is 2. The number of hydrogen-bond acceptors (Lipinski definition) is 6. The Morgan fingerprint density at radius 3 is 2.57 bits per heavy atom. The Labute approximate surface area is 204 Å². The van der Waals surface area contributed by atoms with Crippen LogP contribution in [0.4, 0.5) is 0 Å². The monoisotopic (exact) mass is 471 g/mol. The first-order valence-corrected chi connectivity index (χ1v) is 11.9. The van der Waals surface area contributed by atoms with Crippen LogP contribution >= 0.6 is 0 Å². The molecule has 3 heterocycles. The highest BCUT2D eigenvalue weighted by molar-refractivity contribution is 6.06. The van der Waals surface area contributed by atoms with E-state index in [9.17, 15) is 4.79 Å². The van der Waals surface area contributed by atoms with E-state index < -0.39 is 0 Å². The molecule has 1 aliphatic rings. The number of aryl methyl sites for hydroxylation is 1. The molecule has 0 atom stereocenters. The van der Waals surface area contributed by atoms with Crippen molar-refractivity contribution < 1.29 is 14.3 Å². The number of aromatic nitrogens is 4. The summed E-state index contributed by atoms with van der Waals surface area (Å²) in [4.78, 5) is 25.2. The maximum Gasteiger partial charge on any atom is 0.255 e. The Balaban J connectivity index is 1.57. The van der Waals surface area contributed by atoms with Crippen LogP contribution in [0.2, 0.25) is 0 Å². The summed E-state index contributed by atoms with van der Waals surface area (Å²) in [5.41, 5.74) is 3.98. The van der Waals surface area contributed by atoms with Crippen molar-refractivity contribution in [3.05, 3.63) is 71.2 Å². The third-order valence-electron chi connectivity index (χ3n) is 6.42. The summed E-state index contributed by atoms with van der Waals surface area (Å²) >= 11 is 0. The van der Waals surface area contributed by atoms with Gasteiger partial charge in [-0.15, -0.1) is 0 Å². The maximum absolute atomic E-state index is 14.0. The largest absolute Gasteiger partial charge is 0.493 e. The fourth-order valence-electron chi connectivity index (χ4n) is 4.40. The number of fused-ring (bicyclic) bond motifs is 1. The van der Waals surface area contributed by atoms with Gasteiger partial charge in [0.2, 0.25) is 0 Å². The van der Waals surface area contributed by atoms with E-state index in [1.165, 1.54) is 0 Å². The lowest BCUT2D eigenvalue weighted by Crippen LogP contribution is -2.30. The average Bonchev–Trinajstić information content (AvgIpc) is 3.70. The molecule has 3 aromatic heterocycles. The van der Waals surface area contributed by atoms with Crippen LogP contribution in [0.3, 0.4) is 0 Å². The van der Waals surface area contributed by atoms with Gasteiger partial charge in [-0.05, 0) is 62.6 Å². The first kappa shape index (κ1) is 22.8. The summed E-state index contributed by atoms with van der Waals surface area (Å²) < 4.78 is 12.6. The van der Waals surface area contributed by atoms with Crippen molar-refractivity contribution in [3.63, 3.8) is 0 Å². The van der Waals surface area contributed by atoms with Gasteiger partial charge in [0.1, 0.15) is 0 Å². The number of nitrogens with zero attached hydrogens (tertiary/aromatic N) is 5. The third kappa shape index (κ3) is 4.32. The zero-order valence-electron chi connectivity index (χ0n) is 20.5. The van der Waals surface area contributed by atoms with Gasteiger partial charge in [-0.3, -0.25) is 4.79 Å². The summed E-state index contributed by atoms with van der Waals surface area (Å²) in [5.74, 6) is 2.33. The molecule has 8 heteroatoms. The van der Waals surface area contributed by atoms with Crippen LogP contribution in [-0.4, -0.2) is 51.3 Å². The zero-order chi connectivity index (χ0) is 24.5. The SMILES string of the molecule is CCN(Cc1ccc(OC)c(OC)c1)C(=O)c1cc(C2CC2)nc2c1c(C)nn2-c1ccccn1. The van der Waals surface area contributed by atoms with Gasteiger partial charge < -0.3 is 14.4 Å². The van der Waals surface area contributed by atoms with Crippen molar-refractivity contribution in [2.24, 2.45) is 0 Å². The van der Waals surface area contributed by atoms with E-state index in [0.717, 1.165) is 35.2 Å². The van der Waals surface area contributed by atoms with Crippen LogP contribution in [0.5, 0.6) is 11.5 Å². The highest BCUT2D eigenvalue weighted by Crippen LogP contribution is 2.41. The smallest absolute Gasteiger partial charge is 0.255 e. The highest BCUT2D eigenvalue weighted by Gasteiger charge is 2.30. The number of carbonyl (C=O) groups excluding carboxylic acids is 1. The molecule has 0 radical (unpaired) electrons. The summed E-state index contributed by atoms with van der Waals surface area (Å²) in [6.45, 7) is 4.92. The minimum Gasteiger partial charge on any atom is -0.493 e. The predicted octanol–water partition coefficient (Wildman–Crippen LogP) is 4.68. The third-order valence-corrected chi connectivity index (χ3v) is 6.42. The first-order chi connectivity index (χ1) is 17.0. The highest BCUT2D eigenvalue weighted by atomic mass is 16.5. The Morgan fingerprint density at radius 2 is 1.91 bits per heavy atom. The molecule has 35 heavy (non-hydrogen) atoms. The van der Waals surface area contributed by atoms with Crippen LogP contribution in [0, 0.1) is 6.92 Å². The van der Waals surface area contributed by atoms with Crippen LogP contribution in [-0.2, 0) is 6.54 Å². The number of hydrogen-bond donors (Lipinski definition) is 0. The van der Waals surface area contributed by atoms with Crippen molar-refractivity contribution in [2.45, 2.75) is 39.2 Å². The van der Waals surface area contributed by atoms with Gasteiger partial charge in [0.05, 0.1) is 30.9 Å². The van der Waals surface area contributed by atoms with E-state index in [2.05, 4.69) is 4.98 Å². The number of rotatable bonds is 8. The molecule has 180 valence electrons. The lowest BCUT2D eigenvalue weighted by molar-refractivity contribution is 0.0754. The van der Waals surface area contributed by atoms with Gasteiger partial charge in [0.15, 0.2) is 23.0 Å². The molecule has 4 aromatic rings. The topological polar surface area (TPSA) is 82.4 Å². The lowest BCUT2D eigenvalue weighted by atomic mass is 10.1. The summed E-state index contributed by atoms with van der Waals surface area (Å²) in [6, 6.07) is 13.4. The average molecular weight is 472 g/mol. The van der Waals surface area contributed by atoms with Crippen LogP contribution in [0.15, 0.2) is 48.7 Å². The van der Waals surface area contributed by atoms with Crippen LogP contribution in [0.25, 0.3) is 16.9 Å². The lowest BCUT2D eigenvalue weighted by Gasteiger charge is -2.22. The quantitative estimate of drug-likeness (QED) is 0.371. The van der Waals surface area contributed by atoms with Gasteiger partial charge in [0.25, 0.3) is 5.91 Å². The number of benzene rings is 1. The minimum absolute atomic E-state index is 0.0414. The molecule has 0 bridgehead atoms. The van der Waals surface area contributed by atoms with Gasteiger partial charge in [-0.1, -0.05) is 12.1 Å². The Hall–Kier alpha value is -3.94. The first-order valence-electron chi connectivity index (χ1n) is 11.9. The molecule has 0 unspecified atom stereocenters. The molecular formula is C27H29N5O3. The van der Waals surface area contributed by atoms with E-state index >= 15 is 0 Å². The Bertz CT molecular complexity index is 1380. The summed E-state index contributed by atoms with van der Waals surface area (Å²) in [7, 11) is 3.22. The van der Waals surface area contributed by atoms with Crippen LogP contribution in [0.1, 0.15) is 53.0 Å². The molecular weight excluding hydrogens is 442 g/mol. The molecule has 1 amide bonds. The fraction of sp³-hybridized carbons (Fsp3) is 0.333. The molecule has 1 fully saturated rings. The number of pyridine rings is 2. The molecule has 1 aromatic carbocycles. The summed E-state index contributed by atoms with van der Waals surface area (Å²) in [6.07, 6.45) is 3.91. The Morgan fingerprint density at radius 1 is 1.11 bits per heavy atom. The molecule has 1 saturated carbocycles. The van der Waals surface area contributed by atoms with E-state index in [1.807, 2.05) is 61.2 Å². The van der Waals surface area contributed by atoms with E-state index in [4.69, 9.17) is 19.6 Å². The zero-order valence-corrected chi connectivity index (χ0v) is 20.5. The fourth-order valence-corrected chi connectivity index (χ4v) is 4.40. The molecule has 5 rings (SSSR count). The van der Waals surface area contributed by atoms with Crippen molar-refractivity contribution in [3.8, 4) is 17.3 Å². The molecule has 0 saturated heterocycles. The normalized spacial score (nSPS) is 13.1. The van der Waals surface area contributed by atoms with E-state index in [0.29, 0.717) is 47.5 Å². The van der Waals surface area contributed by atoms with Crippen molar-refractivity contribution >= 4 is 16.9 Å². The van der Waals surface area contributed by atoms with Gasteiger partial charge >= 0.3 is 0 Å². The van der Waals surface area contributed by atoms with E-state index in [-0.39, 0.29) is 5.91 Å². The Kier molecular flexibility index (Phi) is 6.11. The second-order valence-electron chi connectivity index (χ2n) is 8.76. The number of methoxy groups -OCH3 is 2.